The molecule has 1 aromatic heterocycles. The van der Waals surface area contributed by atoms with Crippen molar-refractivity contribution >= 4 is 22.4 Å². The highest BCUT2D eigenvalue weighted by Gasteiger charge is 2.36. The van der Waals surface area contributed by atoms with Crippen LogP contribution in [0.5, 0.6) is 0 Å². The van der Waals surface area contributed by atoms with E-state index in [0.717, 1.165) is 0 Å². The van der Waals surface area contributed by atoms with E-state index in [0.29, 0.717) is 10.9 Å². The lowest BCUT2D eigenvalue weighted by Gasteiger charge is -2.04. The average Bonchev–Trinajstić information content (AvgIpc) is 2.37. The van der Waals surface area contributed by atoms with E-state index < -0.39 is 17.7 Å². The first-order valence-electron chi connectivity index (χ1n) is 5.25. The van der Waals surface area contributed by atoms with Crippen molar-refractivity contribution in [2.24, 2.45) is 0 Å². The second kappa shape index (κ2) is 4.72. The summed E-state index contributed by atoms with van der Waals surface area (Å²) >= 11 is 0. The molecular formula is C13H8F3NO2. The lowest BCUT2D eigenvalue weighted by Crippen LogP contribution is -2.20. The van der Waals surface area contributed by atoms with Crippen LogP contribution in [0.2, 0.25) is 0 Å². The zero-order valence-electron chi connectivity index (χ0n) is 9.48. The van der Waals surface area contributed by atoms with Gasteiger partial charge >= 0.3 is 6.18 Å². The molecule has 1 heterocycles. The molecule has 0 saturated heterocycles. The van der Waals surface area contributed by atoms with Crippen LogP contribution in [0.1, 0.15) is 5.56 Å². The fourth-order valence-corrected chi connectivity index (χ4v) is 1.52. The maximum Gasteiger partial charge on any atom is 0.454 e. The average molecular weight is 267 g/mol. The van der Waals surface area contributed by atoms with Crippen LogP contribution < -0.4 is 0 Å². The molecular weight excluding hydrogens is 259 g/mol. The Morgan fingerprint density at radius 3 is 2.68 bits per heavy atom. The Morgan fingerprint density at radius 1 is 1.26 bits per heavy atom. The summed E-state index contributed by atoms with van der Waals surface area (Å²) < 4.78 is 36.2. The minimum Gasteiger partial charge on any atom is -0.507 e. The van der Waals surface area contributed by atoms with Gasteiger partial charge in [0.25, 0.3) is 5.78 Å². The van der Waals surface area contributed by atoms with Crippen LogP contribution in [0.3, 0.4) is 0 Å². The quantitative estimate of drug-likeness (QED) is 0.671. The first-order chi connectivity index (χ1) is 8.88. The van der Waals surface area contributed by atoms with E-state index in [1.165, 1.54) is 12.1 Å². The second-order valence-corrected chi connectivity index (χ2v) is 3.80. The molecule has 0 unspecified atom stereocenters. The Kier molecular flexibility index (Phi) is 3.25. The van der Waals surface area contributed by atoms with Crippen LogP contribution in [0, 0.1) is 0 Å². The van der Waals surface area contributed by atoms with E-state index in [-0.39, 0.29) is 11.6 Å². The summed E-state index contributed by atoms with van der Waals surface area (Å²) in [6.45, 7) is 0. The largest absolute Gasteiger partial charge is 0.507 e. The maximum atomic E-state index is 12.1. The molecule has 0 saturated carbocycles. The van der Waals surface area contributed by atoms with Gasteiger partial charge in [0.1, 0.15) is 5.76 Å². The molecule has 2 aromatic rings. The molecule has 2 rings (SSSR count). The molecule has 0 fully saturated rings. The van der Waals surface area contributed by atoms with Gasteiger partial charge in [-0.3, -0.25) is 9.78 Å². The Hall–Kier alpha value is -2.37. The highest BCUT2D eigenvalue weighted by Crippen LogP contribution is 2.21. The van der Waals surface area contributed by atoms with Crippen molar-refractivity contribution in [2.45, 2.75) is 6.18 Å². The van der Waals surface area contributed by atoms with Gasteiger partial charge in [0.2, 0.25) is 0 Å². The molecule has 6 heteroatoms. The van der Waals surface area contributed by atoms with Crippen molar-refractivity contribution in [3.63, 3.8) is 0 Å². The predicted molar refractivity (Wildman–Crippen MR) is 63.4 cm³/mol. The first-order valence-corrected chi connectivity index (χ1v) is 5.25. The highest BCUT2D eigenvalue weighted by molar-refractivity contribution is 5.99. The van der Waals surface area contributed by atoms with Crippen LogP contribution in [-0.4, -0.2) is 22.1 Å². The summed E-state index contributed by atoms with van der Waals surface area (Å²) in [5.41, 5.74) is 0.763. The van der Waals surface area contributed by atoms with Crippen molar-refractivity contribution in [3.8, 4) is 0 Å². The highest BCUT2D eigenvalue weighted by atomic mass is 19.4. The molecule has 0 radical (unpaired) electrons. The Balaban J connectivity index is 2.39. The number of nitrogens with zero attached hydrogens (tertiary/aromatic N) is 1. The van der Waals surface area contributed by atoms with Crippen molar-refractivity contribution in [3.05, 3.63) is 48.2 Å². The summed E-state index contributed by atoms with van der Waals surface area (Å²) in [5, 5.41) is 10.2. The minimum atomic E-state index is -4.99. The van der Waals surface area contributed by atoms with Gasteiger partial charge in [0.15, 0.2) is 0 Å². The Morgan fingerprint density at radius 2 is 2.00 bits per heavy atom. The fourth-order valence-electron chi connectivity index (χ4n) is 1.52. The Bertz CT molecular complexity index is 662. The number of aromatic nitrogens is 1. The minimum absolute atomic E-state index is 0.123. The van der Waals surface area contributed by atoms with E-state index in [2.05, 4.69) is 4.98 Å². The normalized spacial score (nSPS) is 12.7. The lowest BCUT2D eigenvalue weighted by atomic mass is 10.1. The van der Waals surface area contributed by atoms with Crippen molar-refractivity contribution < 1.29 is 23.1 Å². The van der Waals surface area contributed by atoms with Gasteiger partial charge < -0.3 is 5.11 Å². The molecule has 0 aliphatic heterocycles. The second-order valence-electron chi connectivity index (χ2n) is 3.80. The van der Waals surface area contributed by atoms with Crippen LogP contribution in [-0.2, 0) is 4.79 Å². The smallest absolute Gasteiger partial charge is 0.454 e. The van der Waals surface area contributed by atoms with Crippen LogP contribution in [0.25, 0.3) is 16.7 Å². The van der Waals surface area contributed by atoms with Gasteiger partial charge in [-0.1, -0.05) is 6.07 Å². The SMILES string of the molecule is O=C(/C=C(\O)c1ccc2ncccc2c1)C(F)(F)F. The summed E-state index contributed by atoms with van der Waals surface area (Å²) in [6.07, 6.45) is -3.26. The van der Waals surface area contributed by atoms with E-state index in [4.69, 9.17) is 0 Å². The zero-order valence-corrected chi connectivity index (χ0v) is 9.48. The van der Waals surface area contributed by atoms with Gasteiger partial charge in [-0.2, -0.15) is 13.2 Å². The molecule has 0 amide bonds. The molecule has 98 valence electrons. The number of aliphatic hydroxyl groups excluding tert-OH is 1. The number of aliphatic hydroxyl groups is 1. The third-order valence-corrected chi connectivity index (χ3v) is 2.45. The third kappa shape index (κ3) is 2.90. The van der Waals surface area contributed by atoms with Gasteiger partial charge in [-0.05, 0) is 24.3 Å². The number of fused-ring (bicyclic) bond motifs is 1. The number of halogens is 3. The fraction of sp³-hybridized carbons (Fsp3) is 0.0769. The van der Waals surface area contributed by atoms with Crippen LogP contribution >= 0.6 is 0 Å². The topological polar surface area (TPSA) is 50.2 Å². The molecule has 0 atom stereocenters. The van der Waals surface area contributed by atoms with Crippen molar-refractivity contribution in [2.75, 3.05) is 0 Å². The van der Waals surface area contributed by atoms with E-state index in [9.17, 15) is 23.1 Å². The molecule has 19 heavy (non-hydrogen) atoms. The molecule has 1 aromatic carbocycles. The maximum absolute atomic E-state index is 12.1. The molecule has 3 nitrogen and oxygen atoms in total. The van der Waals surface area contributed by atoms with Crippen LogP contribution in [0.15, 0.2) is 42.6 Å². The lowest BCUT2D eigenvalue weighted by molar-refractivity contribution is -0.165. The van der Waals surface area contributed by atoms with E-state index >= 15 is 0 Å². The summed E-state index contributed by atoms with van der Waals surface area (Å²) in [7, 11) is 0. The standard InChI is InChI=1S/C13H8F3NO2/c14-13(15,16)12(19)7-11(18)9-3-4-10-8(6-9)2-1-5-17-10/h1-7,18H/b11-7-. The summed E-state index contributed by atoms with van der Waals surface area (Å²) in [4.78, 5) is 14.8. The number of ketones is 1. The van der Waals surface area contributed by atoms with Crippen molar-refractivity contribution in [1.82, 2.24) is 4.98 Å². The molecule has 0 aliphatic carbocycles. The number of hydrogen-bond donors (Lipinski definition) is 1. The number of benzene rings is 1. The number of alkyl halides is 3. The van der Waals surface area contributed by atoms with Crippen LogP contribution in [0.4, 0.5) is 13.2 Å². The molecule has 0 bridgehead atoms. The predicted octanol–water partition coefficient (Wildman–Crippen LogP) is 3.27. The van der Waals surface area contributed by atoms with Gasteiger partial charge in [-0.15, -0.1) is 0 Å². The molecule has 0 spiro atoms. The van der Waals surface area contributed by atoms with Gasteiger partial charge in [-0.25, -0.2) is 0 Å². The van der Waals surface area contributed by atoms with E-state index in [1.54, 1.807) is 24.4 Å². The Labute approximate surface area is 106 Å². The third-order valence-electron chi connectivity index (χ3n) is 2.45. The number of carbonyl (C=O) groups excluding carboxylic acids is 1. The number of hydrogen-bond acceptors (Lipinski definition) is 3. The van der Waals surface area contributed by atoms with Gasteiger partial charge in [0, 0.05) is 23.2 Å². The summed E-state index contributed by atoms with van der Waals surface area (Å²) in [6, 6.07) is 7.76. The number of carbonyl (C=O) groups is 1. The zero-order chi connectivity index (χ0) is 14.0. The number of pyridine rings is 1. The molecule has 1 N–H and O–H groups in total. The van der Waals surface area contributed by atoms with E-state index in [1.807, 2.05) is 0 Å². The monoisotopic (exact) mass is 267 g/mol. The van der Waals surface area contributed by atoms with Gasteiger partial charge in [0.05, 0.1) is 5.52 Å². The number of allylic oxidation sites excluding steroid dienone is 1. The summed E-state index contributed by atoms with van der Waals surface area (Å²) in [5.74, 6) is -2.83. The van der Waals surface area contributed by atoms with Crippen molar-refractivity contribution in [1.29, 1.82) is 0 Å². The number of rotatable bonds is 2. The molecule has 0 aliphatic rings. The first kappa shape index (κ1) is 13.1.